The number of benzene rings is 2. The van der Waals surface area contributed by atoms with Gasteiger partial charge in [-0.25, -0.2) is 4.39 Å². The second-order valence-corrected chi connectivity index (χ2v) is 5.62. The topological polar surface area (TPSA) is 29.1 Å². The quantitative estimate of drug-likeness (QED) is 0.893. The summed E-state index contributed by atoms with van der Waals surface area (Å²) in [6.07, 6.45) is 0. The molecular formula is C18H20FNO. The summed E-state index contributed by atoms with van der Waals surface area (Å²) in [4.78, 5) is 12.4. The van der Waals surface area contributed by atoms with Crippen LogP contribution in [-0.4, -0.2) is 5.91 Å². The van der Waals surface area contributed by atoms with Crippen LogP contribution in [-0.2, 0) is 0 Å². The predicted molar refractivity (Wildman–Crippen MR) is 82.6 cm³/mol. The fourth-order valence-electron chi connectivity index (χ4n) is 2.32. The van der Waals surface area contributed by atoms with Crippen LogP contribution >= 0.6 is 0 Å². The third-order valence-electron chi connectivity index (χ3n) is 3.46. The number of hydrogen-bond donors (Lipinski definition) is 1. The van der Waals surface area contributed by atoms with Gasteiger partial charge >= 0.3 is 0 Å². The van der Waals surface area contributed by atoms with Crippen LogP contribution in [0.2, 0.25) is 0 Å². The van der Waals surface area contributed by atoms with Gasteiger partial charge in [0.15, 0.2) is 0 Å². The fraction of sp³-hybridized carbons (Fsp3) is 0.278. The Balaban J connectivity index is 2.20. The van der Waals surface area contributed by atoms with Crippen molar-refractivity contribution in [2.45, 2.75) is 26.8 Å². The predicted octanol–water partition coefficient (Wildman–Crippen LogP) is 4.26. The Labute approximate surface area is 125 Å². The number of halogens is 1. The summed E-state index contributed by atoms with van der Waals surface area (Å²) in [7, 11) is 0. The first kappa shape index (κ1) is 15.2. The Morgan fingerprint density at radius 2 is 1.76 bits per heavy atom. The van der Waals surface area contributed by atoms with Crippen molar-refractivity contribution in [1.29, 1.82) is 0 Å². The number of carbonyl (C=O) groups excluding carboxylic acids is 1. The third-order valence-corrected chi connectivity index (χ3v) is 3.46. The lowest BCUT2D eigenvalue weighted by atomic mass is 9.95. The number of aryl methyl sites for hydroxylation is 1. The zero-order valence-corrected chi connectivity index (χ0v) is 12.6. The summed E-state index contributed by atoms with van der Waals surface area (Å²) >= 11 is 0. The molecule has 0 heterocycles. The standard InChI is InChI=1S/C18H20FNO/c1-12(2)17(14-7-9-16(19)10-8-14)20-18(21)15-6-4-5-13(3)11-15/h4-12,17H,1-3H3,(H,20,21). The second kappa shape index (κ2) is 6.53. The normalized spacial score (nSPS) is 12.2. The molecule has 21 heavy (non-hydrogen) atoms. The summed E-state index contributed by atoms with van der Waals surface area (Å²) in [5, 5.41) is 3.03. The van der Waals surface area contributed by atoms with E-state index in [0.29, 0.717) is 5.56 Å². The number of carbonyl (C=O) groups is 1. The molecule has 2 aromatic rings. The van der Waals surface area contributed by atoms with Crippen molar-refractivity contribution >= 4 is 5.91 Å². The molecule has 2 aromatic carbocycles. The molecule has 2 nitrogen and oxygen atoms in total. The molecular weight excluding hydrogens is 265 g/mol. The third kappa shape index (κ3) is 3.91. The second-order valence-electron chi connectivity index (χ2n) is 5.62. The van der Waals surface area contributed by atoms with Gasteiger partial charge in [0, 0.05) is 5.56 Å². The van der Waals surface area contributed by atoms with E-state index in [1.54, 1.807) is 18.2 Å². The first-order valence-electron chi connectivity index (χ1n) is 7.10. The van der Waals surface area contributed by atoms with E-state index in [9.17, 15) is 9.18 Å². The van der Waals surface area contributed by atoms with Crippen LogP contribution in [0.25, 0.3) is 0 Å². The maximum absolute atomic E-state index is 13.0. The largest absolute Gasteiger partial charge is 0.345 e. The minimum atomic E-state index is -0.272. The van der Waals surface area contributed by atoms with Crippen molar-refractivity contribution in [3.05, 3.63) is 71.0 Å². The van der Waals surface area contributed by atoms with E-state index >= 15 is 0 Å². The molecule has 0 saturated carbocycles. The van der Waals surface area contributed by atoms with Crippen LogP contribution in [0.1, 0.15) is 41.4 Å². The highest BCUT2D eigenvalue weighted by molar-refractivity contribution is 5.94. The van der Waals surface area contributed by atoms with Crippen LogP contribution < -0.4 is 5.32 Å². The lowest BCUT2D eigenvalue weighted by Gasteiger charge is -2.23. The van der Waals surface area contributed by atoms with E-state index in [1.165, 1.54) is 12.1 Å². The number of rotatable bonds is 4. The van der Waals surface area contributed by atoms with Gasteiger partial charge in [0.2, 0.25) is 0 Å². The van der Waals surface area contributed by atoms with Crippen molar-refractivity contribution in [2.75, 3.05) is 0 Å². The van der Waals surface area contributed by atoms with E-state index in [2.05, 4.69) is 5.32 Å². The molecule has 2 rings (SSSR count). The average Bonchev–Trinajstić information content (AvgIpc) is 2.45. The summed E-state index contributed by atoms with van der Waals surface area (Å²) in [5.41, 5.74) is 2.60. The Bertz CT molecular complexity index is 619. The Morgan fingerprint density at radius 1 is 1.10 bits per heavy atom. The Hall–Kier alpha value is -2.16. The molecule has 1 atom stereocenters. The van der Waals surface area contributed by atoms with Crippen LogP contribution in [0.15, 0.2) is 48.5 Å². The SMILES string of the molecule is Cc1cccc(C(=O)NC(c2ccc(F)cc2)C(C)C)c1. The van der Waals surface area contributed by atoms with E-state index in [-0.39, 0.29) is 23.7 Å². The van der Waals surface area contributed by atoms with E-state index in [0.717, 1.165) is 11.1 Å². The van der Waals surface area contributed by atoms with Crippen molar-refractivity contribution < 1.29 is 9.18 Å². The van der Waals surface area contributed by atoms with Gasteiger partial charge in [0.1, 0.15) is 5.82 Å². The molecule has 0 aromatic heterocycles. The average molecular weight is 285 g/mol. The van der Waals surface area contributed by atoms with Crippen molar-refractivity contribution in [1.82, 2.24) is 5.32 Å². The van der Waals surface area contributed by atoms with Crippen molar-refractivity contribution in [2.24, 2.45) is 5.92 Å². The molecule has 0 spiro atoms. The zero-order valence-electron chi connectivity index (χ0n) is 12.6. The number of hydrogen-bond acceptors (Lipinski definition) is 1. The van der Waals surface area contributed by atoms with Gasteiger partial charge in [-0.15, -0.1) is 0 Å². The first-order chi connectivity index (χ1) is 9.97. The number of amides is 1. The summed E-state index contributed by atoms with van der Waals surface area (Å²) in [5.74, 6) is -0.169. The van der Waals surface area contributed by atoms with E-state index < -0.39 is 0 Å². The minimum Gasteiger partial charge on any atom is -0.345 e. The lowest BCUT2D eigenvalue weighted by molar-refractivity contribution is 0.0925. The smallest absolute Gasteiger partial charge is 0.251 e. The Morgan fingerprint density at radius 3 is 2.33 bits per heavy atom. The van der Waals surface area contributed by atoms with Crippen LogP contribution in [0, 0.1) is 18.7 Å². The zero-order chi connectivity index (χ0) is 15.4. The molecule has 110 valence electrons. The molecule has 0 saturated heterocycles. The van der Waals surface area contributed by atoms with Gasteiger partial charge in [-0.1, -0.05) is 43.7 Å². The van der Waals surface area contributed by atoms with Gasteiger partial charge in [0.05, 0.1) is 6.04 Å². The molecule has 1 unspecified atom stereocenters. The maximum Gasteiger partial charge on any atom is 0.251 e. The highest BCUT2D eigenvalue weighted by Crippen LogP contribution is 2.22. The summed E-state index contributed by atoms with van der Waals surface area (Å²) < 4.78 is 13.0. The van der Waals surface area contributed by atoms with Gasteiger partial charge < -0.3 is 5.32 Å². The van der Waals surface area contributed by atoms with Crippen LogP contribution in [0.4, 0.5) is 4.39 Å². The molecule has 0 aliphatic carbocycles. The highest BCUT2D eigenvalue weighted by Gasteiger charge is 2.19. The van der Waals surface area contributed by atoms with Crippen LogP contribution in [0.3, 0.4) is 0 Å². The fourth-order valence-corrected chi connectivity index (χ4v) is 2.32. The molecule has 0 aliphatic rings. The summed E-state index contributed by atoms with van der Waals surface area (Å²) in [6.45, 7) is 6.02. The van der Waals surface area contributed by atoms with Gasteiger partial charge in [0.25, 0.3) is 5.91 Å². The summed E-state index contributed by atoms with van der Waals surface area (Å²) in [6, 6.07) is 13.6. The number of nitrogens with one attached hydrogen (secondary N) is 1. The molecule has 0 radical (unpaired) electrons. The van der Waals surface area contributed by atoms with Gasteiger partial charge in [-0.2, -0.15) is 0 Å². The first-order valence-corrected chi connectivity index (χ1v) is 7.10. The van der Waals surface area contributed by atoms with E-state index in [1.807, 2.05) is 39.0 Å². The molecule has 1 N–H and O–H groups in total. The lowest BCUT2D eigenvalue weighted by Crippen LogP contribution is -2.31. The minimum absolute atomic E-state index is 0.110. The molecule has 3 heteroatoms. The highest BCUT2D eigenvalue weighted by atomic mass is 19.1. The molecule has 0 aliphatic heterocycles. The van der Waals surface area contributed by atoms with E-state index in [4.69, 9.17) is 0 Å². The Kier molecular flexibility index (Phi) is 4.73. The molecule has 0 bridgehead atoms. The van der Waals surface area contributed by atoms with Gasteiger partial charge in [-0.05, 0) is 42.7 Å². The van der Waals surface area contributed by atoms with Crippen molar-refractivity contribution in [3.8, 4) is 0 Å². The van der Waals surface area contributed by atoms with Crippen molar-refractivity contribution in [3.63, 3.8) is 0 Å². The molecule has 0 fully saturated rings. The van der Waals surface area contributed by atoms with Crippen LogP contribution in [0.5, 0.6) is 0 Å². The monoisotopic (exact) mass is 285 g/mol. The maximum atomic E-state index is 13.0. The van der Waals surface area contributed by atoms with Gasteiger partial charge in [-0.3, -0.25) is 4.79 Å². The molecule has 1 amide bonds.